The molecule has 1 aromatic rings. The number of nitrogens with one attached hydrogen (secondary N) is 1. The van der Waals surface area contributed by atoms with Crippen LogP contribution in [0.15, 0.2) is 24.3 Å². The minimum absolute atomic E-state index is 0.734. The van der Waals surface area contributed by atoms with Crippen LogP contribution in [0.5, 0.6) is 5.75 Å². The van der Waals surface area contributed by atoms with Crippen LogP contribution >= 0.6 is 0 Å². The summed E-state index contributed by atoms with van der Waals surface area (Å²) in [5.74, 6) is 0.976. The summed E-state index contributed by atoms with van der Waals surface area (Å²) in [5, 5.41) is 3.74. The molecule has 2 saturated heterocycles. The largest absolute Gasteiger partial charge is 0.494 e. The van der Waals surface area contributed by atoms with E-state index in [0.29, 0.717) is 0 Å². The van der Waals surface area contributed by atoms with Gasteiger partial charge in [0.2, 0.25) is 0 Å². The highest BCUT2D eigenvalue weighted by molar-refractivity contribution is 5.27. The third-order valence-corrected chi connectivity index (χ3v) is 4.99. The van der Waals surface area contributed by atoms with Crippen molar-refractivity contribution in [3.05, 3.63) is 29.8 Å². The molecule has 116 valence electrons. The van der Waals surface area contributed by atoms with E-state index < -0.39 is 0 Å². The van der Waals surface area contributed by atoms with Crippen molar-refractivity contribution in [2.75, 3.05) is 13.2 Å². The molecule has 1 aromatic carbocycles. The van der Waals surface area contributed by atoms with Gasteiger partial charge in [0.1, 0.15) is 5.75 Å². The second-order valence-corrected chi connectivity index (χ2v) is 6.40. The Morgan fingerprint density at radius 1 is 1.10 bits per heavy atom. The van der Waals surface area contributed by atoms with Crippen LogP contribution in [0.3, 0.4) is 0 Å². The minimum atomic E-state index is 0.734. The van der Waals surface area contributed by atoms with Crippen LogP contribution in [0.1, 0.15) is 45.1 Å². The lowest BCUT2D eigenvalue weighted by Crippen LogP contribution is -2.47. The van der Waals surface area contributed by atoms with Crippen molar-refractivity contribution in [3.8, 4) is 5.75 Å². The Hall–Kier alpha value is -1.06. The average Bonchev–Trinajstić information content (AvgIpc) is 2.85. The van der Waals surface area contributed by atoms with E-state index in [-0.39, 0.29) is 0 Å². The predicted molar refractivity (Wildman–Crippen MR) is 86.7 cm³/mol. The Balaban J connectivity index is 1.61. The van der Waals surface area contributed by atoms with Gasteiger partial charge in [-0.05, 0) is 56.8 Å². The number of benzene rings is 1. The van der Waals surface area contributed by atoms with Gasteiger partial charge in [0.05, 0.1) is 6.61 Å². The Morgan fingerprint density at radius 2 is 1.76 bits per heavy atom. The molecule has 0 aliphatic carbocycles. The average molecular weight is 288 g/mol. The van der Waals surface area contributed by atoms with Gasteiger partial charge in [0, 0.05) is 24.7 Å². The Bertz CT molecular complexity index is 433. The molecule has 2 aliphatic rings. The molecule has 0 amide bonds. The van der Waals surface area contributed by atoms with Crippen LogP contribution in [-0.2, 0) is 6.54 Å². The molecular weight excluding hydrogens is 260 g/mol. The fourth-order valence-electron chi connectivity index (χ4n) is 3.92. The summed E-state index contributed by atoms with van der Waals surface area (Å²) >= 11 is 0. The Kier molecular flexibility index (Phi) is 4.81. The van der Waals surface area contributed by atoms with Crippen LogP contribution < -0.4 is 10.1 Å². The van der Waals surface area contributed by atoms with Gasteiger partial charge in [-0.1, -0.05) is 19.1 Å². The van der Waals surface area contributed by atoms with Gasteiger partial charge in [-0.3, -0.25) is 4.90 Å². The molecule has 2 unspecified atom stereocenters. The number of hydrogen-bond acceptors (Lipinski definition) is 3. The molecule has 3 nitrogen and oxygen atoms in total. The maximum atomic E-state index is 5.52. The number of piperidine rings is 1. The van der Waals surface area contributed by atoms with Crippen molar-refractivity contribution >= 4 is 0 Å². The lowest BCUT2D eigenvalue weighted by molar-refractivity contribution is 0.140. The molecular formula is C18H28N2O. The first-order valence-corrected chi connectivity index (χ1v) is 8.50. The number of nitrogens with zero attached hydrogens (tertiary/aromatic N) is 1. The van der Waals surface area contributed by atoms with Gasteiger partial charge in [-0.15, -0.1) is 0 Å². The summed E-state index contributed by atoms with van der Waals surface area (Å²) in [6.45, 7) is 7.25. The fourth-order valence-corrected chi connectivity index (χ4v) is 3.92. The van der Waals surface area contributed by atoms with Gasteiger partial charge in [-0.25, -0.2) is 0 Å². The summed E-state index contributed by atoms with van der Waals surface area (Å²) in [7, 11) is 0. The highest BCUT2D eigenvalue weighted by Gasteiger charge is 2.35. The molecule has 0 aromatic heterocycles. The topological polar surface area (TPSA) is 24.5 Å². The van der Waals surface area contributed by atoms with E-state index in [0.717, 1.165) is 43.6 Å². The predicted octanol–water partition coefficient (Wildman–Crippen LogP) is 3.19. The van der Waals surface area contributed by atoms with E-state index in [1.807, 2.05) is 6.92 Å². The molecule has 0 radical (unpaired) electrons. The SMILES string of the molecule is CCOc1ccc(CN(CC)C2CC3CCC(C2)N3)cc1. The zero-order valence-electron chi connectivity index (χ0n) is 13.3. The molecule has 0 spiro atoms. The zero-order valence-corrected chi connectivity index (χ0v) is 13.3. The standard InChI is InChI=1S/C18H28N2O/c1-3-20(17-11-15-7-8-16(12-17)19-15)13-14-5-9-18(10-6-14)21-4-2/h5-6,9-10,15-17,19H,3-4,7-8,11-13H2,1-2H3. The molecule has 21 heavy (non-hydrogen) atoms. The molecule has 2 atom stereocenters. The van der Waals surface area contributed by atoms with Crippen LogP contribution in [0.2, 0.25) is 0 Å². The first-order valence-electron chi connectivity index (χ1n) is 8.50. The van der Waals surface area contributed by atoms with Gasteiger partial charge in [0.25, 0.3) is 0 Å². The van der Waals surface area contributed by atoms with Gasteiger partial charge < -0.3 is 10.1 Å². The van der Waals surface area contributed by atoms with E-state index >= 15 is 0 Å². The molecule has 2 heterocycles. The second kappa shape index (κ2) is 6.80. The van der Waals surface area contributed by atoms with Crippen LogP contribution in [-0.4, -0.2) is 36.2 Å². The summed E-state index contributed by atoms with van der Waals surface area (Å²) in [6, 6.07) is 10.9. The van der Waals surface area contributed by atoms with Crippen molar-refractivity contribution in [2.24, 2.45) is 0 Å². The van der Waals surface area contributed by atoms with Crippen molar-refractivity contribution in [1.82, 2.24) is 10.2 Å². The second-order valence-electron chi connectivity index (χ2n) is 6.40. The lowest BCUT2D eigenvalue weighted by atomic mass is 9.97. The third kappa shape index (κ3) is 3.58. The van der Waals surface area contributed by atoms with Crippen molar-refractivity contribution < 1.29 is 4.74 Å². The van der Waals surface area contributed by atoms with E-state index in [1.54, 1.807) is 0 Å². The number of hydrogen-bond donors (Lipinski definition) is 1. The smallest absolute Gasteiger partial charge is 0.119 e. The molecule has 2 aliphatic heterocycles. The van der Waals surface area contributed by atoms with Crippen molar-refractivity contribution in [3.63, 3.8) is 0 Å². The van der Waals surface area contributed by atoms with Gasteiger partial charge >= 0.3 is 0 Å². The third-order valence-electron chi connectivity index (χ3n) is 4.99. The molecule has 0 saturated carbocycles. The summed E-state index contributed by atoms with van der Waals surface area (Å²) in [5.41, 5.74) is 1.39. The van der Waals surface area contributed by atoms with Crippen molar-refractivity contribution in [1.29, 1.82) is 0 Å². The summed E-state index contributed by atoms with van der Waals surface area (Å²) in [4.78, 5) is 2.65. The molecule has 2 fully saturated rings. The molecule has 1 N–H and O–H groups in total. The first kappa shape index (κ1) is 14.9. The van der Waals surface area contributed by atoms with E-state index in [2.05, 4.69) is 41.4 Å². The van der Waals surface area contributed by atoms with Crippen LogP contribution in [0.25, 0.3) is 0 Å². The fraction of sp³-hybridized carbons (Fsp3) is 0.667. The summed E-state index contributed by atoms with van der Waals surface area (Å²) < 4.78 is 5.52. The maximum absolute atomic E-state index is 5.52. The van der Waals surface area contributed by atoms with Crippen molar-refractivity contribution in [2.45, 2.75) is 64.2 Å². The van der Waals surface area contributed by atoms with Crippen LogP contribution in [0.4, 0.5) is 0 Å². The number of fused-ring (bicyclic) bond motifs is 2. The van der Waals surface area contributed by atoms with Gasteiger partial charge in [0.15, 0.2) is 0 Å². The van der Waals surface area contributed by atoms with Crippen LogP contribution in [0, 0.1) is 0 Å². The highest BCUT2D eigenvalue weighted by Crippen LogP contribution is 2.30. The Morgan fingerprint density at radius 3 is 2.33 bits per heavy atom. The van der Waals surface area contributed by atoms with E-state index in [9.17, 15) is 0 Å². The highest BCUT2D eigenvalue weighted by atomic mass is 16.5. The molecule has 3 rings (SSSR count). The van der Waals surface area contributed by atoms with Gasteiger partial charge in [-0.2, -0.15) is 0 Å². The zero-order chi connectivity index (χ0) is 14.7. The minimum Gasteiger partial charge on any atom is -0.494 e. The number of rotatable bonds is 6. The first-order chi connectivity index (χ1) is 10.3. The molecule has 3 heteroatoms. The lowest BCUT2D eigenvalue weighted by Gasteiger charge is -2.37. The number of ether oxygens (including phenoxy) is 1. The Labute approximate surface area is 128 Å². The normalized spacial score (nSPS) is 28.0. The van der Waals surface area contributed by atoms with E-state index in [1.165, 1.54) is 31.2 Å². The quantitative estimate of drug-likeness (QED) is 0.870. The monoisotopic (exact) mass is 288 g/mol. The van der Waals surface area contributed by atoms with E-state index in [4.69, 9.17) is 4.74 Å². The molecule has 2 bridgehead atoms. The summed E-state index contributed by atoms with van der Waals surface area (Å²) in [6.07, 6.45) is 5.40. The maximum Gasteiger partial charge on any atom is 0.119 e.